The molecule has 0 aliphatic carbocycles. The molecule has 0 unspecified atom stereocenters. The van der Waals surface area contributed by atoms with E-state index in [4.69, 9.17) is 4.74 Å². The Morgan fingerprint density at radius 3 is 2.72 bits per heavy atom. The number of nitro groups is 1. The summed E-state index contributed by atoms with van der Waals surface area (Å²) in [6.45, 7) is 1.89. The molecule has 0 spiro atoms. The number of halogens is 1. The Labute approximate surface area is 111 Å². The molecule has 0 radical (unpaired) electrons. The third-order valence-corrected chi connectivity index (χ3v) is 3.04. The van der Waals surface area contributed by atoms with E-state index >= 15 is 0 Å². The predicted molar refractivity (Wildman–Crippen MR) is 66.5 cm³/mol. The quantitative estimate of drug-likeness (QED) is 0.360. The van der Waals surface area contributed by atoms with Crippen LogP contribution < -0.4 is 0 Å². The van der Waals surface area contributed by atoms with E-state index in [1.54, 1.807) is 6.92 Å². The molecule has 0 heterocycles. The summed E-state index contributed by atoms with van der Waals surface area (Å²) in [5, 5.41) is 10.8. The van der Waals surface area contributed by atoms with Crippen LogP contribution in [0.5, 0.6) is 0 Å². The van der Waals surface area contributed by atoms with Crippen molar-refractivity contribution in [1.29, 1.82) is 0 Å². The number of nitro benzene ring substituents is 1. The van der Waals surface area contributed by atoms with Gasteiger partial charge in [0.1, 0.15) is 6.29 Å². The molecule has 0 aliphatic rings. The summed E-state index contributed by atoms with van der Waals surface area (Å²) in [5.41, 5.74) is 0.243. The molecule has 1 aromatic carbocycles. The van der Waals surface area contributed by atoms with Gasteiger partial charge in [-0.25, -0.2) is 0 Å². The SMILES string of the molecule is CCOC(=O)Cc1cc(C=O)cc([N+](=O)[O-])c1Br. The lowest BCUT2D eigenvalue weighted by Gasteiger charge is -2.06. The van der Waals surface area contributed by atoms with Gasteiger partial charge in [0.25, 0.3) is 5.69 Å². The fourth-order valence-corrected chi connectivity index (χ4v) is 1.90. The lowest BCUT2D eigenvalue weighted by molar-refractivity contribution is -0.385. The Hall–Kier alpha value is -1.76. The van der Waals surface area contributed by atoms with Gasteiger partial charge in [-0.15, -0.1) is 0 Å². The van der Waals surface area contributed by atoms with Crippen molar-refractivity contribution in [3.63, 3.8) is 0 Å². The van der Waals surface area contributed by atoms with Crippen molar-refractivity contribution in [2.75, 3.05) is 6.61 Å². The standard InChI is InChI=1S/C11H10BrNO5/c1-2-18-10(15)5-8-3-7(6-14)4-9(11(8)12)13(16)17/h3-4,6H,2,5H2,1H3. The maximum atomic E-state index is 11.3. The van der Waals surface area contributed by atoms with E-state index in [1.165, 1.54) is 6.07 Å². The Bertz CT molecular complexity index is 500. The van der Waals surface area contributed by atoms with Crippen molar-refractivity contribution in [3.05, 3.63) is 37.8 Å². The Morgan fingerprint density at radius 2 is 2.22 bits per heavy atom. The van der Waals surface area contributed by atoms with Gasteiger partial charge in [0.2, 0.25) is 0 Å². The van der Waals surface area contributed by atoms with Crippen molar-refractivity contribution in [2.45, 2.75) is 13.3 Å². The topological polar surface area (TPSA) is 86.5 Å². The molecule has 18 heavy (non-hydrogen) atoms. The van der Waals surface area contributed by atoms with E-state index in [0.29, 0.717) is 11.8 Å². The van der Waals surface area contributed by atoms with Crippen LogP contribution in [0.3, 0.4) is 0 Å². The lowest BCUT2D eigenvalue weighted by atomic mass is 10.1. The van der Waals surface area contributed by atoms with Gasteiger partial charge in [-0.1, -0.05) is 0 Å². The van der Waals surface area contributed by atoms with Crippen LogP contribution in [0.1, 0.15) is 22.8 Å². The predicted octanol–water partition coefficient (Wildman–Crippen LogP) is 2.28. The summed E-state index contributed by atoms with van der Waals surface area (Å²) in [6.07, 6.45) is 0.366. The number of esters is 1. The molecule has 6 nitrogen and oxygen atoms in total. The first kappa shape index (κ1) is 14.3. The van der Waals surface area contributed by atoms with Crippen LogP contribution in [0.2, 0.25) is 0 Å². The summed E-state index contributed by atoms with van der Waals surface area (Å²) in [7, 11) is 0. The number of aldehydes is 1. The van der Waals surface area contributed by atoms with Crippen LogP contribution >= 0.6 is 15.9 Å². The number of carbonyl (C=O) groups excluding carboxylic acids is 2. The van der Waals surface area contributed by atoms with E-state index in [1.807, 2.05) is 0 Å². The highest BCUT2D eigenvalue weighted by molar-refractivity contribution is 9.10. The van der Waals surface area contributed by atoms with Crippen molar-refractivity contribution in [2.24, 2.45) is 0 Å². The smallest absolute Gasteiger partial charge is 0.310 e. The van der Waals surface area contributed by atoms with Crippen LogP contribution in [0, 0.1) is 10.1 Å². The van der Waals surface area contributed by atoms with Crippen LogP contribution in [0.4, 0.5) is 5.69 Å². The molecule has 0 saturated carbocycles. The molecule has 1 aromatic rings. The molecule has 1 rings (SSSR count). The highest BCUT2D eigenvalue weighted by atomic mass is 79.9. The minimum atomic E-state index is -0.619. The van der Waals surface area contributed by atoms with E-state index in [-0.39, 0.29) is 28.8 Å². The molecule has 0 saturated heterocycles. The molecule has 0 aromatic heterocycles. The molecule has 0 aliphatic heterocycles. The number of ether oxygens (including phenoxy) is 1. The molecule has 0 fully saturated rings. The maximum absolute atomic E-state index is 11.3. The van der Waals surface area contributed by atoms with Gasteiger partial charge in [-0.05, 0) is 34.5 Å². The first-order valence-corrected chi connectivity index (χ1v) is 5.86. The zero-order valence-electron chi connectivity index (χ0n) is 9.51. The van der Waals surface area contributed by atoms with Crippen LogP contribution in [-0.4, -0.2) is 23.8 Å². The number of carbonyl (C=O) groups is 2. The van der Waals surface area contributed by atoms with Crippen molar-refractivity contribution < 1.29 is 19.2 Å². The summed E-state index contributed by atoms with van der Waals surface area (Å²) in [4.78, 5) is 32.2. The molecule has 0 N–H and O–H groups in total. The van der Waals surface area contributed by atoms with Gasteiger partial charge in [-0.2, -0.15) is 0 Å². The number of hydrogen-bond acceptors (Lipinski definition) is 5. The van der Waals surface area contributed by atoms with Crippen molar-refractivity contribution in [1.82, 2.24) is 0 Å². The first-order valence-electron chi connectivity index (χ1n) is 5.07. The van der Waals surface area contributed by atoms with Crippen LogP contribution in [-0.2, 0) is 16.0 Å². The normalized spacial score (nSPS) is 9.89. The van der Waals surface area contributed by atoms with E-state index < -0.39 is 10.9 Å². The number of benzene rings is 1. The van der Waals surface area contributed by atoms with Crippen LogP contribution in [0.15, 0.2) is 16.6 Å². The van der Waals surface area contributed by atoms with Gasteiger partial charge < -0.3 is 4.74 Å². The monoisotopic (exact) mass is 315 g/mol. The number of nitrogens with zero attached hydrogens (tertiary/aromatic N) is 1. The fourth-order valence-electron chi connectivity index (χ4n) is 1.39. The van der Waals surface area contributed by atoms with Gasteiger partial charge in [0, 0.05) is 11.6 Å². The zero-order valence-corrected chi connectivity index (χ0v) is 11.1. The van der Waals surface area contributed by atoms with Crippen molar-refractivity contribution in [3.8, 4) is 0 Å². The third kappa shape index (κ3) is 3.36. The number of rotatable bonds is 5. The third-order valence-electron chi connectivity index (χ3n) is 2.12. The molecular formula is C11H10BrNO5. The summed E-state index contributed by atoms with van der Waals surface area (Å²) in [6, 6.07) is 2.56. The Kier molecular flexibility index (Phi) is 4.96. The minimum absolute atomic E-state index is 0.128. The second-order valence-corrected chi connectivity index (χ2v) is 4.16. The minimum Gasteiger partial charge on any atom is -0.466 e. The average molecular weight is 316 g/mol. The van der Waals surface area contributed by atoms with E-state index in [0.717, 1.165) is 6.07 Å². The molecule has 0 atom stereocenters. The number of hydrogen-bond donors (Lipinski definition) is 0. The van der Waals surface area contributed by atoms with Gasteiger partial charge in [-0.3, -0.25) is 19.7 Å². The summed E-state index contributed by atoms with van der Waals surface area (Å²) >= 11 is 3.06. The fraction of sp³-hybridized carbons (Fsp3) is 0.273. The van der Waals surface area contributed by atoms with E-state index in [2.05, 4.69) is 15.9 Å². The molecule has 0 amide bonds. The molecule has 96 valence electrons. The molecule has 7 heteroatoms. The average Bonchev–Trinajstić information content (AvgIpc) is 2.31. The molecule has 0 bridgehead atoms. The van der Waals surface area contributed by atoms with Gasteiger partial charge in [0.15, 0.2) is 0 Å². The highest BCUT2D eigenvalue weighted by Crippen LogP contribution is 2.30. The van der Waals surface area contributed by atoms with Crippen LogP contribution in [0.25, 0.3) is 0 Å². The Balaban J connectivity index is 3.17. The maximum Gasteiger partial charge on any atom is 0.310 e. The van der Waals surface area contributed by atoms with Crippen molar-refractivity contribution >= 4 is 33.9 Å². The lowest BCUT2D eigenvalue weighted by Crippen LogP contribution is -2.09. The second kappa shape index (κ2) is 6.25. The Morgan fingerprint density at radius 1 is 1.56 bits per heavy atom. The largest absolute Gasteiger partial charge is 0.466 e. The first-order chi connectivity index (χ1) is 8.49. The van der Waals surface area contributed by atoms with E-state index in [9.17, 15) is 19.7 Å². The second-order valence-electron chi connectivity index (χ2n) is 3.37. The highest BCUT2D eigenvalue weighted by Gasteiger charge is 2.19. The van der Waals surface area contributed by atoms with Gasteiger partial charge >= 0.3 is 5.97 Å². The molecular weight excluding hydrogens is 306 g/mol. The summed E-state index contributed by atoms with van der Waals surface area (Å²) in [5.74, 6) is -0.504. The summed E-state index contributed by atoms with van der Waals surface area (Å²) < 4.78 is 4.94. The van der Waals surface area contributed by atoms with Gasteiger partial charge in [0.05, 0.1) is 22.4 Å². The zero-order chi connectivity index (χ0) is 13.7.